The highest BCUT2D eigenvalue weighted by atomic mass is 15.0. The normalized spacial score (nSPS) is 10.8. The average molecular weight is 802 g/mol. The number of nitriles is 4. The maximum atomic E-state index is 10.2. The second kappa shape index (κ2) is 16.0. The van der Waals surface area contributed by atoms with Gasteiger partial charge in [0.15, 0.2) is 5.82 Å². The molecule has 0 unspecified atom stereocenters. The summed E-state index contributed by atoms with van der Waals surface area (Å²) in [6.45, 7) is 0. The number of fused-ring (bicyclic) bond motifs is 3. The van der Waals surface area contributed by atoms with Gasteiger partial charge in [0.05, 0.1) is 74.6 Å². The van der Waals surface area contributed by atoms with Crippen LogP contribution in [0.25, 0.3) is 94.8 Å². The zero-order valence-electron chi connectivity index (χ0n) is 33.5. The van der Waals surface area contributed by atoms with E-state index in [-0.39, 0.29) is 0 Å². The van der Waals surface area contributed by atoms with E-state index in [1.165, 1.54) is 0 Å². The van der Waals surface area contributed by atoms with Gasteiger partial charge in [-0.25, -0.2) is 9.97 Å². The molecule has 63 heavy (non-hydrogen) atoms. The van der Waals surface area contributed by atoms with Crippen LogP contribution in [0, 0.1) is 45.3 Å². The van der Waals surface area contributed by atoms with E-state index in [1.54, 1.807) is 30.3 Å². The molecule has 0 amide bonds. The van der Waals surface area contributed by atoms with Crippen LogP contribution in [0.1, 0.15) is 22.3 Å². The largest absolute Gasteiger partial charge is 0.308 e. The van der Waals surface area contributed by atoms with Crippen LogP contribution in [0.15, 0.2) is 188 Å². The van der Waals surface area contributed by atoms with E-state index in [0.29, 0.717) is 33.8 Å². The van der Waals surface area contributed by atoms with Crippen molar-refractivity contribution in [3.05, 3.63) is 210 Å². The van der Waals surface area contributed by atoms with Crippen LogP contribution < -0.4 is 0 Å². The Morgan fingerprint density at radius 2 is 0.841 bits per heavy atom. The lowest BCUT2D eigenvalue weighted by molar-refractivity contribution is 1.17. The van der Waals surface area contributed by atoms with Gasteiger partial charge in [-0.3, -0.25) is 0 Å². The molecular weight excluding hydrogens is 771 g/mol. The SMILES string of the molecule is N#Cc1cc(C#N)cc(-c2ccc3c(c2)c2ccccc2n3-c2c(-c3cccc(C#N)c3)cc(-c3cc(-c4ccccc4)nc(-c4ccccc4)n3)cc2-c2cccc(C#N)c2)c1. The number of rotatable bonds is 7. The van der Waals surface area contributed by atoms with Crippen molar-refractivity contribution in [2.45, 2.75) is 0 Å². The fourth-order valence-corrected chi connectivity index (χ4v) is 8.36. The van der Waals surface area contributed by atoms with Gasteiger partial charge in [-0.2, -0.15) is 21.0 Å². The molecule has 7 nitrogen and oxygen atoms in total. The molecule has 8 aromatic carbocycles. The molecule has 2 heterocycles. The van der Waals surface area contributed by atoms with E-state index in [4.69, 9.17) is 9.97 Å². The molecule has 2 aromatic heterocycles. The first kappa shape index (κ1) is 37.8. The van der Waals surface area contributed by atoms with E-state index in [1.807, 2.05) is 121 Å². The highest BCUT2D eigenvalue weighted by Crippen LogP contribution is 2.45. The molecule has 0 saturated carbocycles. The maximum Gasteiger partial charge on any atom is 0.160 e. The summed E-state index contributed by atoms with van der Waals surface area (Å²) in [5, 5.41) is 41.9. The summed E-state index contributed by atoms with van der Waals surface area (Å²) < 4.78 is 2.26. The van der Waals surface area contributed by atoms with Crippen molar-refractivity contribution in [3.8, 4) is 97.2 Å². The van der Waals surface area contributed by atoms with Gasteiger partial charge in [0.2, 0.25) is 0 Å². The lowest BCUT2D eigenvalue weighted by atomic mass is 9.90. The fourth-order valence-electron chi connectivity index (χ4n) is 8.36. The predicted molar refractivity (Wildman–Crippen MR) is 248 cm³/mol. The van der Waals surface area contributed by atoms with Gasteiger partial charge in [0.1, 0.15) is 0 Å². The molecule has 0 fully saturated rings. The van der Waals surface area contributed by atoms with Crippen LogP contribution in [0.3, 0.4) is 0 Å². The lowest BCUT2D eigenvalue weighted by Crippen LogP contribution is -2.03. The van der Waals surface area contributed by atoms with Crippen LogP contribution in [0.2, 0.25) is 0 Å². The summed E-state index contributed by atoms with van der Waals surface area (Å²) >= 11 is 0. The number of hydrogen-bond acceptors (Lipinski definition) is 6. The number of benzene rings is 8. The Labute approximate surface area is 363 Å². The van der Waals surface area contributed by atoms with Gasteiger partial charge in [0.25, 0.3) is 0 Å². The highest BCUT2D eigenvalue weighted by Gasteiger charge is 2.23. The molecule has 0 aliphatic heterocycles. The quantitative estimate of drug-likeness (QED) is 0.158. The topological polar surface area (TPSA) is 126 Å². The monoisotopic (exact) mass is 801 g/mol. The van der Waals surface area contributed by atoms with E-state index >= 15 is 0 Å². The Morgan fingerprint density at radius 1 is 0.333 bits per heavy atom. The minimum Gasteiger partial charge on any atom is -0.308 e. The Kier molecular flexibility index (Phi) is 9.60. The third kappa shape index (κ3) is 7.01. The molecule has 0 radical (unpaired) electrons. The van der Waals surface area contributed by atoms with Crippen molar-refractivity contribution in [2.75, 3.05) is 0 Å². The average Bonchev–Trinajstić information content (AvgIpc) is 3.69. The molecule has 10 aromatic rings. The summed E-state index contributed by atoms with van der Waals surface area (Å²) in [5.41, 5.74) is 13.6. The van der Waals surface area contributed by atoms with E-state index in [0.717, 1.165) is 83.3 Å². The van der Waals surface area contributed by atoms with Crippen molar-refractivity contribution < 1.29 is 0 Å². The second-order valence-corrected chi connectivity index (χ2v) is 15.1. The third-order valence-electron chi connectivity index (χ3n) is 11.3. The van der Waals surface area contributed by atoms with Crippen molar-refractivity contribution in [1.82, 2.24) is 14.5 Å². The molecule has 10 rings (SSSR count). The van der Waals surface area contributed by atoms with Gasteiger partial charge in [-0.05, 0) is 101 Å². The number of aromatic nitrogens is 3. The standard InChI is InChI=1S/C56H31N7/c57-32-36-11-9-17-43(24-36)48-29-46(52-31-51(40-13-3-1-4-14-40)61-56(62-52)41-15-5-2-6-16-41)30-49(44-18-10-12-37(25-44)33-58)55(48)63-53-20-8-7-19-47(53)50-28-42(21-22-54(50)63)45-26-38(34-59)23-39(27-45)35-60/h1-31H. The first-order valence-corrected chi connectivity index (χ1v) is 20.2. The molecular formula is C56H31N7. The van der Waals surface area contributed by atoms with Crippen molar-refractivity contribution in [2.24, 2.45) is 0 Å². The molecule has 0 aliphatic carbocycles. The zero-order valence-corrected chi connectivity index (χ0v) is 33.5. The molecule has 0 atom stereocenters. The number of para-hydroxylation sites is 1. The van der Waals surface area contributed by atoms with Gasteiger partial charge < -0.3 is 4.57 Å². The van der Waals surface area contributed by atoms with E-state index < -0.39 is 0 Å². The van der Waals surface area contributed by atoms with Crippen molar-refractivity contribution in [3.63, 3.8) is 0 Å². The van der Waals surface area contributed by atoms with E-state index in [2.05, 4.69) is 65.2 Å². The van der Waals surface area contributed by atoms with Crippen LogP contribution >= 0.6 is 0 Å². The summed E-state index contributed by atoms with van der Waals surface area (Å²) in [5.74, 6) is 0.581. The number of hydrogen-bond donors (Lipinski definition) is 0. The summed E-state index contributed by atoms with van der Waals surface area (Å²) in [6.07, 6.45) is 0. The molecule has 290 valence electrons. The Bertz CT molecular complexity index is 3450. The smallest absolute Gasteiger partial charge is 0.160 e. The Balaban J connectivity index is 1.32. The number of nitrogens with zero attached hydrogens (tertiary/aromatic N) is 7. The summed E-state index contributed by atoms with van der Waals surface area (Å²) in [7, 11) is 0. The highest BCUT2D eigenvalue weighted by molar-refractivity contribution is 6.12. The fraction of sp³-hybridized carbons (Fsp3) is 0. The van der Waals surface area contributed by atoms with Crippen LogP contribution in [-0.4, -0.2) is 14.5 Å². The maximum absolute atomic E-state index is 10.2. The predicted octanol–water partition coefficient (Wildman–Crippen LogP) is 13.1. The second-order valence-electron chi connectivity index (χ2n) is 15.1. The summed E-state index contributed by atoms with van der Waals surface area (Å²) in [4.78, 5) is 10.3. The van der Waals surface area contributed by atoms with E-state index in [9.17, 15) is 21.0 Å². The zero-order chi connectivity index (χ0) is 42.9. The van der Waals surface area contributed by atoms with Gasteiger partial charge in [0, 0.05) is 38.6 Å². The molecule has 0 saturated heterocycles. The van der Waals surface area contributed by atoms with Gasteiger partial charge in [-0.1, -0.05) is 109 Å². The molecule has 0 bridgehead atoms. The first-order chi connectivity index (χ1) is 31.0. The lowest BCUT2D eigenvalue weighted by Gasteiger charge is -2.21. The van der Waals surface area contributed by atoms with Gasteiger partial charge in [-0.15, -0.1) is 0 Å². The molecule has 0 spiro atoms. The minimum atomic E-state index is 0.413. The molecule has 7 heteroatoms. The van der Waals surface area contributed by atoms with Crippen LogP contribution in [0.4, 0.5) is 0 Å². The Hall–Kier alpha value is -9.40. The van der Waals surface area contributed by atoms with Crippen molar-refractivity contribution >= 4 is 21.8 Å². The molecule has 0 aliphatic rings. The molecule has 0 N–H and O–H groups in total. The Morgan fingerprint density at radius 3 is 1.44 bits per heavy atom. The summed E-state index contributed by atoms with van der Waals surface area (Å²) in [6, 6.07) is 70.3. The third-order valence-corrected chi connectivity index (χ3v) is 11.3. The minimum absolute atomic E-state index is 0.413. The van der Waals surface area contributed by atoms with Gasteiger partial charge >= 0.3 is 0 Å². The first-order valence-electron chi connectivity index (χ1n) is 20.2. The van der Waals surface area contributed by atoms with Crippen LogP contribution in [0.5, 0.6) is 0 Å². The van der Waals surface area contributed by atoms with Crippen molar-refractivity contribution in [1.29, 1.82) is 21.0 Å². The van der Waals surface area contributed by atoms with Crippen LogP contribution in [-0.2, 0) is 0 Å².